The lowest BCUT2D eigenvalue weighted by molar-refractivity contribution is -0.125. The predicted octanol–water partition coefficient (Wildman–Crippen LogP) is 3.75. The third-order valence-corrected chi connectivity index (χ3v) is 4.87. The minimum atomic E-state index is -0.0790. The van der Waals surface area contributed by atoms with Crippen LogP contribution in [0.1, 0.15) is 16.0 Å². The molecule has 6 heteroatoms. The summed E-state index contributed by atoms with van der Waals surface area (Å²) >= 11 is 1.66. The van der Waals surface area contributed by atoms with Crippen LogP contribution in [-0.2, 0) is 11.3 Å². The van der Waals surface area contributed by atoms with E-state index in [4.69, 9.17) is 14.2 Å². The van der Waals surface area contributed by atoms with Crippen LogP contribution < -0.4 is 14.2 Å². The molecule has 0 saturated heterocycles. The first-order chi connectivity index (χ1) is 12.0. The molecular formula is C19H23NO4S. The molecular weight excluding hydrogens is 338 g/mol. The molecule has 1 heterocycles. The van der Waals surface area contributed by atoms with Crippen molar-refractivity contribution in [3.63, 3.8) is 0 Å². The molecule has 0 fully saturated rings. The van der Waals surface area contributed by atoms with E-state index in [1.54, 1.807) is 62.8 Å². The van der Waals surface area contributed by atoms with Crippen LogP contribution in [0.5, 0.6) is 17.2 Å². The van der Waals surface area contributed by atoms with Crippen molar-refractivity contribution in [3.05, 3.63) is 45.7 Å². The largest absolute Gasteiger partial charge is 0.496 e. The van der Waals surface area contributed by atoms with Gasteiger partial charge >= 0.3 is 0 Å². The summed E-state index contributed by atoms with van der Waals surface area (Å²) in [6, 6.07) is 5.58. The fraction of sp³-hybridized carbons (Fsp3) is 0.316. The van der Waals surface area contributed by atoms with Crippen molar-refractivity contribution in [1.82, 2.24) is 4.90 Å². The van der Waals surface area contributed by atoms with Gasteiger partial charge in [-0.25, -0.2) is 0 Å². The molecule has 1 amide bonds. The van der Waals surface area contributed by atoms with Gasteiger partial charge < -0.3 is 19.1 Å². The summed E-state index contributed by atoms with van der Waals surface area (Å²) in [7, 11) is 6.50. The number of nitrogens with zero attached hydrogens (tertiary/aromatic N) is 1. The predicted molar refractivity (Wildman–Crippen MR) is 101 cm³/mol. The summed E-state index contributed by atoms with van der Waals surface area (Å²) in [6.45, 7) is 2.64. The number of ether oxygens (including phenoxy) is 3. The number of rotatable bonds is 7. The highest BCUT2D eigenvalue weighted by atomic mass is 32.1. The van der Waals surface area contributed by atoms with E-state index in [9.17, 15) is 4.79 Å². The van der Waals surface area contributed by atoms with E-state index in [0.717, 1.165) is 5.56 Å². The van der Waals surface area contributed by atoms with E-state index in [1.807, 2.05) is 5.38 Å². The van der Waals surface area contributed by atoms with Crippen LogP contribution in [0, 0.1) is 6.92 Å². The Morgan fingerprint density at radius 2 is 1.76 bits per heavy atom. The minimum Gasteiger partial charge on any atom is -0.496 e. The van der Waals surface area contributed by atoms with Gasteiger partial charge in [0.2, 0.25) is 5.91 Å². The van der Waals surface area contributed by atoms with Crippen molar-refractivity contribution in [2.24, 2.45) is 0 Å². The molecule has 1 aromatic heterocycles. The fourth-order valence-corrected chi connectivity index (χ4v) is 3.29. The van der Waals surface area contributed by atoms with Crippen molar-refractivity contribution in [2.45, 2.75) is 13.5 Å². The van der Waals surface area contributed by atoms with Crippen molar-refractivity contribution in [3.8, 4) is 17.2 Å². The molecule has 25 heavy (non-hydrogen) atoms. The van der Waals surface area contributed by atoms with E-state index in [-0.39, 0.29) is 5.91 Å². The Labute approximate surface area is 152 Å². The first-order valence-electron chi connectivity index (χ1n) is 7.76. The molecule has 2 aromatic rings. The number of benzene rings is 1. The lowest BCUT2D eigenvalue weighted by Crippen LogP contribution is -2.23. The van der Waals surface area contributed by atoms with E-state index < -0.39 is 0 Å². The number of carbonyl (C=O) groups excluding carboxylic acids is 1. The Morgan fingerprint density at radius 1 is 1.12 bits per heavy atom. The zero-order chi connectivity index (χ0) is 18.4. The molecule has 5 nitrogen and oxygen atoms in total. The molecule has 0 spiro atoms. The first kappa shape index (κ1) is 18.9. The molecule has 0 aliphatic heterocycles. The Balaban J connectivity index is 2.17. The highest BCUT2D eigenvalue weighted by Crippen LogP contribution is 2.35. The number of carbonyl (C=O) groups is 1. The lowest BCUT2D eigenvalue weighted by Gasteiger charge is -2.15. The van der Waals surface area contributed by atoms with E-state index >= 15 is 0 Å². The topological polar surface area (TPSA) is 48.0 Å². The monoisotopic (exact) mass is 361 g/mol. The Kier molecular flexibility index (Phi) is 6.47. The van der Waals surface area contributed by atoms with Crippen LogP contribution >= 0.6 is 11.3 Å². The van der Waals surface area contributed by atoms with Gasteiger partial charge in [-0.05, 0) is 36.1 Å². The number of thiophene rings is 1. The summed E-state index contributed by atoms with van der Waals surface area (Å²) in [5, 5.41) is 2.04. The highest BCUT2D eigenvalue weighted by Gasteiger charge is 2.12. The summed E-state index contributed by atoms with van der Waals surface area (Å²) in [5.74, 6) is 1.69. The molecule has 0 radical (unpaired) electrons. The standard InChI is InChI=1S/C19H23NO4S/c1-13-8-9-25-18(13)12-20(2)19(21)7-6-14-10-16(23-4)17(24-5)11-15(14)22-3/h6-11H,12H2,1-5H3/b7-6+. The average molecular weight is 361 g/mol. The second-order valence-corrected chi connectivity index (χ2v) is 6.50. The molecule has 1 aromatic carbocycles. The first-order valence-corrected chi connectivity index (χ1v) is 8.64. The molecule has 0 unspecified atom stereocenters. The van der Waals surface area contributed by atoms with Crippen LogP contribution in [0.15, 0.2) is 29.7 Å². The van der Waals surface area contributed by atoms with Gasteiger partial charge in [0.15, 0.2) is 11.5 Å². The zero-order valence-electron chi connectivity index (χ0n) is 15.2. The van der Waals surface area contributed by atoms with Crippen molar-refractivity contribution in [1.29, 1.82) is 0 Å². The van der Waals surface area contributed by atoms with Gasteiger partial charge in [-0.15, -0.1) is 11.3 Å². The summed E-state index contributed by atoms with van der Waals surface area (Å²) < 4.78 is 15.9. The number of likely N-dealkylation sites (N-methyl/N-ethyl adjacent to an activating group) is 1. The second kappa shape index (κ2) is 8.58. The van der Waals surface area contributed by atoms with E-state index in [1.165, 1.54) is 16.5 Å². The van der Waals surface area contributed by atoms with Crippen molar-refractivity contribution < 1.29 is 19.0 Å². The van der Waals surface area contributed by atoms with Gasteiger partial charge in [0.25, 0.3) is 0 Å². The minimum absolute atomic E-state index is 0.0790. The molecule has 134 valence electrons. The maximum absolute atomic E-state index is 12.4. The maximum Gasteiger partial charge on any atom is 0.246 e. The van der Waals surface area contributed by atoms with Crippen LogP contribution in [0.4, 0.5) is 0 Å². The van der Waals surface area contributed by atoms with Gasteiger partial charge in [0, 0.05) is 29.6 Å². The van der Waals surface area contributed by atoms with Gasteiger partial charge in [-0.3, -0.25) is 4.79 Å². The molecule has 0 aliphatic rings. The van der Waals surface area contributed by atoms with Crippen molar-refractivity contribution >= 4 is 23.3 Å². The number of amides is 1. The average Bonchev–Trinajstić information content (AvgIpc) is 3.03. The van der Waals surface area contributed by atoms with Gasteiger partial charge in [0.1, 0.15) is 5.75 Å². The van der Waals surface area contributed by atoms with E-state index in [0.29, 0.717) is 23.8 Å². The van der Waals surface area contributed by atoms with Crippen LogP contribution in [0.25, 0.3) is 6.08 Å². The zero-order valence-corrected chi connectivity index (χ0v) is 16.0. The molecule has 2 rings (SSSR count). The molecule has 0 N–H and O–H groups in total. The number of methoxy groups -OCH3 is 3. The van der Waals surface area contributed by atoms with Gasteiger partial charge in [-0.2, -0.15) is 0 Å². The molecule has 0 bridgehead atoms. The maximum atomic E-state index is 12.4. The smallest absolute Gasteiger partial charge is 0.246 e. The third kappa shape index (κ3) is 4.54. The highest BCUT2D eigenvalue weighted by molar-refractivity contribution is 7.10. The second-order valence-electron chi connectivity index (χ2n) is 5.50. The number of aryl methyl sites for hydroxylation is 1. The SMILES string of the molecule is COc1cc(OC)c(OC)cc1/C=C/C(=O)N(C)Cc1sccc1C. The summed E-state index contributed by atoms with van der Waals surface area (Å²) in [6.07, 6.45) is 3.26. The van der Waals surface area contributed by atoms with Gasteiger partial charge in [-0.1, -0.05) is 0 Å². The number of hydrogen-bond donors (Lipinski definition) is 0. The quantitative estimate of drug-likeness (QED) is 0.705. The van der Waals surface area contributed by atoms with Crippen molar-refractivity contribution in [2.75, 3.05) is 28.4 Å². The molecule has 0 saturated carbocycles. The number of hydrogen-bond acceptors (Lipinski definition) is 5. The van der Waals surface area contributed by atoms with Crippen LogP contribution in [-0.4, -0.2) is 39.2 Å². The Hall–Kier alpha value is -2.47. The third-order valence-electron chi connectivity index (χ3n) is 3.87. The Morgan fingerprint density at radius 3 is 2.32 bits per heavy atom. The molecule has 0 atom stereocenters. The van der Waals surface area contributed by atoms with Crippen LogP contribution in [0.2, 0.25) is 0 Å². The fourth-order valence-electron chi connectivity index (χ4n) is 2.33. The Bertz CT molecular complexity index is 767. The van der Waals surface area contributed by atoms with Crippen LogP contribution in [0.3, 0.4) is 0 Å². The normalized spacial score (nSPS) is 10.8. The lowest BCUT2D eigenvalue weighted by atomic mass is 10.1. The summed E-state index contributed by atoms with van der Waals surface area (Å²) in [4.78, 5) is 15.2. The van der Waals surface area contributed by atoms with Gasteiger partial charge in [0.05, 0.1) is 27.9 Å². The van der Waals surface area contributed by atoms with E-state index in [2.05, 4.69) is 13.0 Å². The summed E-state index contributed by atoms with van der Waals surface area (Å²) in [5.41, 5.74) is 1.95. The molecule has 0 aliphatic carbocycles.